The number of hydrogen-bond donors (Lipinski definition) is 1. The maximum Gasteiger partial charge on any atom is 0.271 e. The number of benzene rings is 2. The van der Waals surface area contributed by atoms with Gasteiger partial charge in [-0.25, -0.2) is 8.42 Å². The molecule has 0 aromatic heterocycles. The molecule has 1 aliphatic rings. The number of halogens is 2. The third-order valence-electron chi connectivity index (χ3n) is 6.23. The number of carbonyl (C=O) groups is 2. The van der Waals surface area contributed by atoms with Crippen LogP contribution in [-0.2, 0) is 26.2 Å². The molecule has 37 heavy (non-hydrogen) atoms. The van der Waals surface area contributed by atoms with Crippen molar-refractivity contribution in [1.29, 1.82) is 0 Å². The molecule has 2 aromatic carbocycles. The van der Waals surface area contributed by atoms with Crippen LogP contribution in [0.25, 0.3) is 0 Å². The maximum absolute atomic E-state index is 13.6. The van der Waals surface area contributed by atoms with Crippen LogP contribution in [0.15, 0.2) is 42.5 Å². The molecule has 200 valence electrons. The summed E-state index contributed by atoms with van der Waals surface area (Å²) in [6, 6.07) is 8.78. The Hall–Kier alpha value is -2.89. The van der Waals surface area contributed by atoms with Crippen molar-refractivity contribution < 1.29 is 22.9 Å². The summed E-state index contributed by atoms with van der Waals surface area (Å²) in [6.07, 6.45) is 4.62. The largest absolute Gasteiger partial charge is 0.352 e. The van der Waals surface area contributed by atoms with Gasteiger partial charge in [0.05, 0.1) is 16.9 Å². The molecule has 13 heteroatoms. The highest BCUT2D eigenvalue weighted by molar-refractivity contribution is 7.92. The van der Waals surface area contributed by atoms with Gasteiger partial charge in [0.25, 0.3) is 5.69 Å². The second kappa shape index (κ2) is 12.1. The molecule has 0 bridgehead atoms. The van der Waals surface area contributed by atoms with E-state index in [9.17, 15) is 28.1 Å². The van der Waals surface area contributed by atoms with Gasteiger partial charge < -0.3 is 10.2 Å². The first kappa shape index (κ1) is 28.7. The van der Waals surface area contributed by atoms with Crippen LogP contribution in [0.2, 0.25) is 10.0 Å². The second-order valence-corrected chi connectivity index (χ2v) is 11.7. The standard InChI is InChI=1S/C24H28Cl2N4O6S/c1-16(24(32)27-19-6-3-4-7-19)28(14-17-10-11-18(25)12-22(17)26)23(31)15-29(37(2,35)36)20-8-5-9-21(13-20)30(33)34/h5,8-13,16,19H,3-4,6-7,14-15H2,1-2H3,(H,27,32)/t16-/m1/s1. The average molecular weight is 571 g/mol. The zero-order valence-electron chi connectivity index (χ0n) is 20.4. The number of carbonyl (C=O) groups excluding carboxylic acids is 2. The Morgan fingerprint density at radius 1 is 1.16 bits per heavy atom. The predicted molar refractivity (Wildman–Crippen MR) is 142 cm³/mol. The highest BCUT2D eigenvalue weighted by atomic mass is 35.5. The van der Waals surface area contributed by atoms with Crippen molar-refractivity contribution in [3.63, 3.8) is 0 Å². The lowest BCUT2D eigenvalue weighted by molar-refractivity contribution is -0.384. The highest BCUT2D eigenvalue weighted by Crippen LogP contribution is 2.26. The van der Waals surface area contributed by atoms with Gasteiger partial charge in [-0.1, -0.05) is 48.2 Å². The van der Waals surface area contributed by atoms with Gasteiger partial charge >= 0.3 is 0 Å². The minimum Gasteiger partial charge on any atom is -0.352 e. The van der Waals surface area contributed by atoms with Gasteiger partial charge in [-0.15, -0.1) is 0 Å². The van der Waals surface area contributed by atoms with Crippen molar-refractivity contribution in [2.24, 2.45) is 0 Å². The summed E-state index contributed by atoms with van der Waals surface area (Å²) in [6.45, 7) is 0.803. The van der Waals surface area contributed by atoms with Crippen LogP contribution in [0, 0.1) is 10.1 Å². The van der Waals surface area contributed by atoms with Crippen molar-refractivity contribution in [3.8, 4) is 0 Å². The van der Waals surface area contributed by atoms with Gasteiger partial charge in [0.2, 0.25) is 21.8 Å². The molecule has 1 fully saturated rings. The number of hydrogen-bond acceptors (Lipinski definition) is 6. The summed E-state index contributed by atoms with van der Waals surface area (Å²) in [5.41, 5.74) is 0.145. The molecule has 0 spiro atoms. The number of nitrogens with one attached hydrogen (secondary N) is 1. The quantitative estimate of drug-likeness (QED) is 0.337. The van der Waals surface area contributed by atoms with E-state index in [4.69, 9.17) is 23.2 Å². The molecule has 1 saturated carbocycles. The Morgan fingerprint density at radius 3 is 2.43 bits per heavy atom. The molecule has 1 aliphatic carbocycles. The Labute approximate surface area is 225 Å². The first-order valence-electron chi connectivity index (χ1n) is 11.6. The summed E-state index contributed by atoms with van der Waals surface area (Å²) in [7, 11) is -4.02. The molecule has 1 N–H and O–H groups in total. The van der Waals surface area contributed by atoms with Crippen molar-refractivity contribution in [2.75, 3.05) is 17.1 Å². The molecule has 3 rings (SSSR count). The van der Waals surface area contributed by atoms with Crippen LogP contribution in [0.5, 0.6) is 0 Å². The first-order valence-corrected chi connectivity index (χ1v) is 14.2. The highest BCUT2D eigenvalue weighted by Gasteiger charge is 2.32. The number of non-ortho nitro benzene ring substituents is 1. The van der Waals surface area contributed by atoms with E-state index in [-0.39, 0.29) is 34.9 Å². The molecule has 2 amide bonds. The van der Waals surface area contributed by atoms with Crippen molar-refractivity contribution in [3.05, 3.63) is 68.2 Å². The van der Waals surface area contributed by atoms with Crippen LogP contribution in [-0.4, -0.2) is 54.9 Å². The van der Waals surface area contributed by atoms with Gasteiger partial charge in [0.1, 0.15) is 12.6 Å². The smallest absolute Gasteiger partial charge is 0.271 e. The number of nitro benzene ring substituents is 1. The molecule has 10 nitrogen and oxygen atoms in total. The fraction of sp³-hybridized carbons (Fsp3) is 0.417. The second-order valence-electron chi connectivity index (χ2n) is 8.97. The Kier molecular flexibility index (Phi) is 9.38. The minimum absolute atomic E-state index is 0.0170. The number of rotatable bonds is 10. The lowest BCUT2D eigenvalue weighted by Crippen LogP contribution is -2.52. The predicted octanol–water partition coefficient (Wildman–Crippen LogP) is 4.14. The third-order valence-corrected chi connectivity index (χ3v) is 7.96. The third kappa shape index (κ3) is 7.56. The number of anilines is 1. The zero-order chi connectivity index (χ0) is 27.3. The summed E-state index contributed by atoms with van der Waals surface area (Å²) >= 11 is 12.3. The Morgan fingerprint density at radius 2 is 1.84 bits per heavy atom. The Balaban J connectivity index is 1.93. The van der Waals surface area contributed by atoms with E-state index in [0.29, 0.717) is 10.6 Å². The van der Waals surface area contributed by atoms with Crippen LogP contribution in [0.4, 0.5) is 11.4 Å². The van der Waals surface area contributed by atoms with E-state index in [0.717, 1.165) is 42.3 Å². The molecule has 1 atom stereocenters. The molecule has 0 radical (unpaired) electrons. The van der Waals surface area contributed by atoms with E-state index in [1.54, 1.807) is 19.1 Å². The van der Waals surface area contributed by atoms with Crippen molar-refractivity contribution in [2.45, 2.75) is 51.2 Å². The van der Waals surface area contributed by atoms with E-state index in [1.807, 2.05) is 0 Å². The first-order chi connectivity index (χ1) is 17.4. The SMILES string of the molecule is C[C@H](C(=O)NC1CCCC1)N(Cc1ccc(Cl)cc1Cl)C(=O)CN(c1cccc([N+](=O)[O-])c1)S(C)(=O)=O. The number of nitro groups is 1. The van der Waals surface area contributed by atoms with Gasteiger partial charge in [0.15, 0.2) is 0 Å². The Bertz CT molecular complexity index is 1280. The molecular weight excluding hydrogens is 543 g/mol. The van der Waals surface area contributed by atoms with Gasteiger partial charge in [-0.05, 0) is 43.5 Å². The van der Waals surface area contributed by atoms with Gasteiger partial charge in [-0.3, -0.25) is 24.0 Å². The molecular formula is C24H28Cl2N4O6S. The van der Waals surface area contributed by atoms with Gasteiger partial charge in [-0.2, -0.15) is 0 Å². The minimum atomic E-state index is -4.02. The summed E-state index contributed by atoms with van der Waals surface area (Å²) in [4.78, 5) is 38.5. The fourth-order valence-electron chi connectivity index (χ4n) is 4.18. The molecule has 0 aliphatic heterocycles. The summed E-state index contributed by atoms with van der Waals surface area (Å²) < 4.78 is 26.0. The van der Waals surface area contributed by atoms with Gasteiger partial charge in [0, 0.05) is 34.8 Å². The lowest BCUT2D eigenvalue weighted by Gasteiger charge is -2.32. The summed E-state index contributed by atoms with van der Waals surface area (Å²) in [5.74, 6) is -1.05. The zero-order valence-corrected chi connectivity index (χ0v) is 22.7. The summed E-state index contributed by atoms with van der Waals surface area (Å²) in [5, 5.41) is 14.9. The van der Waals surface area contributed by atoms with Crippen LogP contribution in [0.1, 0.15) is 38.2 Å². The van der Waals surface area contributed by atoms with Crippen LogP contribution in [0.3, 0.4) is 0 Å². The van der Waals surface area contributed by atoms with Crippen LogP contribution < -0.4 is 9.62 Å². The van der Waals surface area contributed by atoms with E-state index < -0.39 is 33.4 Å². The van der Waals surface area contributed by atoms with E-state index in [2.05, 4.69) is 5.32 Å². The average Bonchev–Trinajstić information content (AvgIpc) is 3.34. The lowest BCUT2D eigenvalue weighted by atomic mass is 10.1. The molecule has 2 aromatic rings. The molecule has 0 unspecified atom stereocenters. The maximum atomic E-state index is 13.6. The number of nitrogens with zero attached hydrogens (tertiary/aromatic N) is 3. The van der Waals surface area contributed by atoms with E-state index >= 15 is 0 Å². The topological polar surface area (TPSA) is 130 Å². The van der Waals surface area contributed by atoms with Crippen molar-refractivity contribution in [1.82, 2.24) is 10.2 Å². The molecule has 0 saturated heterocycles. The number of sulfonamides is 1. The van der Waals surface area contributed by atoms with Crippen LogP contribution >= 0.6 is 23.2 Å². The normalized spacial score (nSPS) is 14.7. The van der Waals surface area contributed by atoms with Crippen molar-refractivity contribution >= 4 is 56.4 Å². The fourth-order valence-corrected chi connectivity index (χ4v) is 5.49. The van der Waals surface area contributed by atoms with E-state index in [1.165, 1.54) is 29.2 Å². The number of amides is 2. The molecule has 0 heterocycles. The monoisotopic (exact) mass is 570 g/mol.